The number of hydrogen-bond donors (Lipinski definition) is 1. The first kappa shape index (κ1) is 20.8. The van der Waals surface area contributed by atoms with Gasteiger partial charge in [-0.1, -0.05) is 66.2 Å². The van der Waals surface area contributed by atoms with E-state index in [1.165, 1.54) is 19.2 Å². The summed E-state index contributed by atoms with van der Waals surface area (Å²) >= 11 is 0. The van der Waals surface area contributed by atoms with E-state index >= 15 is 0 Å². The van der Waals surface area contributed by atoms with Crippen LogP contribution in [-0.2, 0) is 14.8 Å². The second-order valence-electron chi connectivity index (χ2n) is 6.84. The molecule has 3 aromatic carbocycles. The molecule has 0 bridgehead atoms. The number of ether oxygens (including phenoxy) is 1. The molecule has 0 aliphatic heterocycles. The quantitative estimate of drug-likeness (QED) is 0.621. The number of hydrogen-bond acceptors (Lipinski definition) is 4. The molecule has 0 saturated heterocycles. The Hall–Kier alpha value is -2.96. The van der Waals surface area contributed by atoms with Gasteiger partial charge in [0.1, 0.15) is 0 Å². The molecule has 0 aliphatic rings. The maximum Gasteiger partial charge on any atom is 0.338 e. The summed E-state index contributed by atoms with van der Waals surface area (Å²) < 4.78 is 33.9. The van der Waals surface area contributed by atoms with Crippen molar-refractivity contribution in [3.05, 3.63) is 101 Å². The summed E-state index contributed by atoms with van der Waals surface area (Å²) in [5.74, 6) is -0.572. The first-order valence-electron chi connectivity index (χ1n) is 9.14. The smallest absolute Gasteiger partial charge is 0.338 e. The molecule has 1 N–H and O–H groups in total. The van der Waals surface area contributed by atoms with Gasteiger partial charge in [-0.15, -0.1) is 0 Å². The van der Waals surface area contributed by atoms with E-state index in [2.05, 4.69) is 4.72 Å². The van der Waals surface area contributed by atoms with E-state index in [1.807, 2.05) is 61.5 Å². The van der Waals surface area contributed by atoms with Crippen molar-refractivity contribution in [2.75, 3.05) is 7.11 Å². The molecule has 5 nitrogen and oxygen atoms in total. The highest BCUT2D eigenvalue weighted by molar-refractivity contribution is 7.89. The van der Waals surface area contributed by atoms with Crippen LogP contribution in [0.15, 0.2) is 77.7 Å². The van der Waals surface area contributed by atoms with Gasteiger partial charge in [0, 0.05) is 0 Å². The summed E-state index contributed by atoms with van der Waals surface area (Å²) in [4.78, 5) is 12.0. The minimum atomic E-state index is -3.90. The molecule has 0 radical (unpaired) electrons. The Balaban J connectivity index is 2.03. The predicted molar refractivity (Wildman–Crippen MR) is 112 cm³/mol. The Bertz CT molecular complexity index is 1110. The highest BCUT2D eigenvalue weighted by Gasteiger charge is 2.24. The van der Waals surface area contributed by atoms with Crippen molar-refractivity contribution in [2.24, 2.45) is 0 Å². The van der Waals surface area contributed by atoms with Crippen LogP contribution < -0.4 is 4.72 Å². The average Bonchev–Trinajstić information content (AvgIpc) is 2.73. The first-order chi connectivity index (χ1) is 13.8. The van der Waals surface area contributed by atoms with Gasteiger partial charge in [0.15, 0.2) is 0 Å². The fraction of sp³-hybridized carbons (Fsp3) is 0.174. The second kappa shape index (κ2) is 8.59. The van der Waals surface area contributed by atoms with Crippen LogP contribution in [0.4, 0.5) is 0 Å². The lowest BCUT2D eigenvalue weighted by atomic mass is 9.99. The van der Waals surface area contributed by atoms with Crippen LogP contribution in [0.1, 0.15) is 38.7 Å². The zero-order valence-electron chi connectivity index (χ0n) is 16.5. The van der Waals surface area contributed by atoms with Gasteiger partial charge >= 0.3 is 5.97 Å². The molecule has 0 aromatic heterocycles. The number of esters is 1. The Morgan fingerprint density at radius 1 is 0.897 bits per heavy atom. The molecule has 1 unspecified atom stereocenters. The number of benzene rings is 3. The second-order valence-corrected chi connectivity index (χ2v) is 8.56. The summed E-state index contributed by atoms with van der Waals surface area (Å²) in [6, 6.07) is 20.9. The van der Waals surface area contributed by atoms with Crippen LogP contribution in [0.5, 0.6) is 0 Å². The van der Waals surface area contributed by atoms with Gasteiger partial charge in [-0.2, -0.15) is 4.72 Å². The fourth-order valence-electron chi connectivity index (χ4n) is 3.05. The molecule has 3 rings (SSSR count). The summed E-state index contributed by atoms with van der Waals surface area (Å²) in [6.07, 6.45) is 0. The summed E-state index contributed by atoms with van der Waals surface area (Å²) in [5.41, 5.74) is 3.60. The number of carbonyl (C=O) groups is 1. The maximum absolute atomic E-state index is 13.2. The van der Waals surface area contributed by atoms with Crippen LogP contribution in [0.25, 0.3) is 0 Å². The van der Waals surface area contributed by atoms with E-state index in [0.29, 0.717) is 5.56 Å². The SMILES string of the molecule is COC(=O)c1cc(S(=O)(=O)NC(c2ccccc2)c2ccc(C)cc2)ccc1C. The van der Waals surface area contributed by atoms with Crippen molar-refractivity contribution in [1.29, 1.82) is 0 Å². The molecule has 29 heavy (non-hydrogen) atoms. The van der Waals surface area contributed by atoms with Crippen LogP contribution in [0.2, 0.25) is 0 Å². The Kier molecular flexibility index (Phi) is 6.15. The van der Waals surface area contributed by atoms with Crippen LogP contribution >= 0.6 is 0 Å². The Labute approximate surface area is 171 Å². The molecular weight excluding hydrogens is 386 g/mol. The standard InChI is InChI=1S/C23H23NO4S/c1-16-9-12-19(13-10-16)22(18-7-5-4-6-8-18)24-29(26,27)20-14-11-17(2)21(15-20)23(25)28-3/h4-15,22,24H,1-3H3. The van der Waals surface area contributed by atoms with Gasteiger partial charge in [-0.05, 0) is 42.7 Å². The molecule has 0 saturated carbocycles. The largest absolute Gasteiger partial charge is 0.465 e. The minimum Gasteiger partial charge on any atom is -0.465 e. The summed E-state index contributed by atoms with van der Waals surface area (Å²) in [7, 11) is -2.64. The maximum atomic E-state index is 13.2. The number of nitrogens with one attached hydrogen (secondary N) is 1. The molecule has 6 heteroatoms. The van der Waals surface area contributed by atoms with E-state index in [0.717, 1.165) is 16.7 Å². The highest BCUT2D eigenvalue weighted by atomic mass is 32.2. The van der Waals surface area contributed by atoms with Gasteiger partial charge in [0.2, 0.25) is 10.0 Å². The number of aryl methyl sites for hydroxylation is 2. The van der Waals surface area contributed by atoms with Crippen LogP contribution in [0.3, 0.4) is 0 Å². The molecule has 0 fully saturated rings. The minimum absolute atomic E-state index is 0.0107. The van der Waals surface area contributed by atoms with E-state index in [4.69, 9.17) is 4.74 Å². The van der Waals surface area contributed by atoms with Crippen molar-refractivity contribution >= 4 is 16.0 Å². The van der Waals surface area contributed by atoms with Crippen molar-refractivity contribution in [1.82, 2.24) is 4.72 Å². The molecule has 1 atom stereocenters. The van der Waals surface area contributed by atoms with E-state index in [-0.39, 0.29) is 10.5 Å². The van der Waals surface area contributed by atoms with E-state index < -0.39 is 22.0 Å². The normalized spacial score (nSPS) is 12.4. The number of methoxy groups -OCH3 is 1. The number of carbonyl (C=O) groups excluding carboxylic acids is 1. The van der Waals surface area contributed by atoms with Gasteiger partial charge in [0.25, 0.3) is 0 Å². The van der Waals surface area contributed by atoms with Crippen molar-refractivity contribution < 1.29 is 17.9 Å². The summed E-state index contributed by atoms with van der Waals surface area (Å²) in [5, 5.41) is 0. The lowest BCUT2D eigenvalue weighted by molar-refractivity contribution is 0.0599. The van der Waals surface area contributed by atoms with Gasteiger partial charge < -0.3 is 4.74 Å². The van der Waals surface area contributed by atoms with Gasteiger partial charge in [-0.25, -0.2) is 13.2 Å². The number of sulfonamides is 1. The molecule has 0 spiro atoms. The third kappa shape index (κ3) is 4.72. The third-order valence-corrected chi connectivity index (χ3v) is 6.16. The van der Waals surface area contributed by atoms with E-state index in [1.54, 1.807) is 13.0 Å². The van der Waals surface area contributed by atoms with Gasteiger partial charge in [-0.3, -0.25) is 0 Å². The predicted octanol–water partition coefficient (Wildman–Crippen LogP) is 4.16. The topological polar surface area (TPSA) is 72.5 Å². The zero-order chi connectivity index (χ0) is 21.0. The molecule has 0 amide bonds. The van der Waals surface area contributed by atoms with Crippen molar-refractivity contribution in [2.45, 2.75) is 24.8 Å². The van der Waals surface area contributed by atoms with Crippen LogP contribution in [-0.4, -0.2) is 21.5 Å². The van der Waals surface area contributed by atoms with Crippen molar-refractivity contribution in [3.63, 3.8) is 0 Å². The molecule has 3 aromatic rings. The molecule has 0 heterocycles. The highest BCUT2D eigenvalue weighted by Crippen LogP contribution is 2.26. The molecule has 0 aliphatic carbocycles. The van der Waals surface area contributed by atoms with Crippen molar-refractivity contribution in [3.8, 4) is 0 Å². The van der Waals surface area contributed by atoms with Gasteiger partial charge in [0.05, 0.1) is 23.6 Å². The third-order valence-electron chi connectivity index (χ3n) is 4.74. The molecule has 150 valence electrons. The first-order valence-corrected chi connectivity index (χ1v) is 10.6. The van der Waals surface area contributed by atoms with Crippen LogP contribution in [0, 0.1) is 13.8 Å². The monoisotopic (exact) mass is 409 g/mol. The lowest BCUT2D eigenvalue weighted by Gasteiger charge is -2.20. The number of rotatable bonds is 6. The fourth-order valence-corrected chi connectivity index (χ4v) is 4.29. The Morgan fingerprint density at radius 3 is 2.14 bits per heavy atom. The molecular formula is C23H23NO4S. The average molecular weight is 410 g/mol. The summed E-state index contributed by atoms with van der Waals surface area (Å²) in [6.45, 7) is 3.71. The zero-order valence-corrected chi connectivity index (χ0v) is 17.4. The van der Waals surface area contributed by atoms with E-state index in [9.17, 15) is 13.2 Å². The lowest BCUT2D eigenvalue weighted by Crippen LogP contribution is -2.29. The Morgan fingerprint density at radius 2 is 1.52 bits per heavy atom.